The van der Waals surface area contributed by atoms with E-state index in [4.69, 9.17) is 0 Å². The van der Waals surface area contributed by atoms with Gasteiger partial charge in [-0.2, -0.15) is 0 Å². The van der Waals surface area contributed by atoms with Gasteiger partial charge in [-0.3, -0.25) is 5.32 Å². The van der Waals surface area contributed by atoms with E-state index in [2.05, 4.69) is 14.5 Å². The number of amides is 1. The predicted molar refractivity (Wildman–Crippen MR) is 49.9 cm³/mol. The standard InChI is InChI=1S/C7H13NO4Si/c1-3-11-7(10)8-4-5(2)6(9)12-13/h4H,3H2,1-2,13H3,(H,8,10). The summed E-state index contributed by atoms with van der Waals surface area (Å²) in [6.45, 7) is 3.54. The first-order chi connectivity index (χ1) is 6.11. The van der Waals surface area contributed by atoms with Gasteiger partial charge in [0.25, 0.3) is 0 Å². The van der Waals surface area contributed by atoms with Crippen molar-refractivity contribution in [2.24, 2.45) is 0 Å². The third-order valence-electron chi connectivity index (χ3n) is 1.19. The highest BCUT2D eigenvalue weighted by atomic mass is 28.2. The molecule has 0 saturated carbocycles. The molecule has 0 heterocycles. The molecule has 0 saturated heterocycles. The number of hydrogen-bond donors (Lipinski definition) is 1. The van der Waals surface area contributed by atoms with Gasteiger partial charge >= 0.3 is 12.1 Å². The van der Waals surface area contributed by atoms with Crippen molar-refractivity contribution in [1.82, 2.24) is 5.32 Å². The lowest BCUT2D eigenvalue weighted by Crippen LogP contribution is -2.20. The van der Waals surface area contributed by atoms with Crippen molar-refractivity contribution in [3.63, 3.8) is 0 Å². The topological polar surface area (TPSA) is 64.6 Å². The van der Waals surface area contributed by atoms with Crippen molar-refractivity contribution in [2.45, 2.75) is 13.8 Å². The summed E-state index contributed by atoms with van der Waals surface area (Å²) in [6.07, 6.45) is 0.682. The van der Waals surface area contributed by atoms with Gasteiger partial charge in [-0.1, -0.05) is 0 Å². The summed E-state index contributed by atoms with van der Waals surface area (Å²) in [7, 11) is 0.341. The maximum atomic E-state index is 10.8. The first-order valence-corrected chi connectivity index (χ1v) is 4.61. The minimum absolute atomic E-state index is 0.295. The minimum Gasteiger partial charge on any atom is -0.525 e. The fourth-order valence-electron chi connectivity index (χ4n) is 0.560. The lowest BCUT2D eigenvalue weighted by atomic mass is 10.3. The van der Waals surface area contributed by atoms with Crippen LogP contribution in [0.5, 0.6) is 0 Å². The van der Waals surface area contributed by atoms with Crippen LogP contribution in [0.1, 0.15) is 13.8 Å². The van der Waals surface area contributed by atoms with Crippen molar-refractivity contribution in [3.05, 3.63) is 11.8 Å². The molecule has 0 rings (SSSR count). The summed E-state index contributed by atoms with van der Waals surface area (Å²) in [5.41, 5.74) is 0.336. The molecule has 6 heteroatoms. The van der Waals surface area contributed by atoms with E-state index in [1.165, 1.54) is 6.20 Å². The molecule has 0 aromatic heterocycles. The molecule has 74 valence electrons. The average Bonchev–Trinajstić information content (AvgIpc) is 2.13. The first kappa shape index (κ1) is 11.7. The number of alkyl carbamates (subject to hydrolysis) is 1. The molecule has 0 spiro atoms. The maximum Gasteiger partial charge on any atom is 0.411 e. The molecule has 5 nitrogen and oxygen atoms in total. The smallest absolute Gasteiger partial charge is 0.411 e. The largest absolute Gasteiger partial charge is 0.525 e. The molecular weight excluding hydrogens is 190 g/mol. The SMILES string of the molecule is CCOC(=O)NC=C(C)C(=O)O[SiH3]. The van der Waals surface area contributed by atoms with Crippen LogP contribution in [0.2, 0.25) is 0 Å². The van der Waals surface area contributed by atoms with E-state index >= 15 is 0 Å². The highest BCUT2D eigenvalue weighted by molar-refractivity contribution is 6.09. The fraction of sp³-hybridized carbons (Fsp3) is 0.429. The predicted octanol–water partition coefficient (Wildman–Crippen LogP) is -0.540. The van der Waals surface area contributed by atoms with E-state index < -0.39 is 12.1 Å². The first-order valence-electron chi connectivity index (χ1n) is 3.80. The highest BCUT2D eigenvalue weighted by Gasteiger charge is 2.03. The van der Waals surface area contributed by atoms with Crippen LogP contribution in [-0.2, 0) is 14.0 Å². The molecule has 0 aliphatic carbocycles. The third-order valence-corrected chi connectivity index (χ3v) is 1.56. The lowest BCUT2D eigenvalue weighted by molar-refractivity contribution is -0.129. The van der Waals surface area contributed by atoms with Crippen LogP contribution in [0, 0.1) is 0 Å². The van der Waals surface area contributed by atoms with Crippen LogP contribution in [0.15, 0.2) is 11.8 Å². The average molecular weight is 203 g/mol. The molecular formula is C7H13NO4Si. The molecule has 0 aromatic carbocycles. The second kappa shape index (κ2) is 6.24. The molecule has 0 radical (unpaired) electrons. The molecule has 0 aliphatic rings. The summed E-state index contributed by atoms with van der Waals surface area (Å²) in [5, 5.41) is 2.29. The normalized spacial score (nSPS) is 10.8. The Balaban J connectivity index is 3.96. The quantitative estimate of drug-likeness (QED) is 0.494. The highest BCUT2D eigenvalue weighted by Crippen LogP contribution is 1.92. The molecule has 13 heavy (non-hydrogen) atoms. The summed E-state index contributed by atoms with van der Waals surface area (Å²) in [5.74, 6) is -0.427. The second-order valence-corrected chi connectivity index (χ2v) is 2.59. The van der Waals surface area contributed by atoms with Gasteiger partial charge in [-0.25, -0.2) is 9.59 Å². The minimum atomic E-state index is -0.581. The van der Waals surface area contributed by atoms with Crippen molar-refractivity contribution >= 4 is 22.5 Å². The van der Waals surface area contributed by atoms with Gasteiger partial charge < -0.3 is 9.16 Å². The van der Waals surface area contributed by atoms with Crippen molar-refractivity contribution < 1.29 is 18.8 Å². The molecule has 0 bridgehead atoms. The zero-order chi connectivity index (χ0) is 10.3. The van der Waals surface area contributed by atoms with Crippen LogP contribution in [0.25, 0.3) is 0 Å². The van der Waals surface area contributed by atoms with Crippen molar-refractivity contribution in [3.8, 4) is 0 Å². The zero-order valence-corrected chi connectivity index (χ0v) is 9.92. The fourth-order valence-corrected chi connectivity index (χ4v) is 0.882. The Morgan fingerprint density at radius 3 is 2.62 bits per heavy atom. The summed E-state index contributed by atoms with van der Waals surface area (Å²) < 4.78 is 9.11. The van der Waals surface area contributed by atoms with E-state index in [1.54, 1.807) is 13.8 Å². The number of rotatable bonds is 3. The maximum absolute atomic E-state index is 10.8. The van der Waals surface area contributed by atoms with Crippen LogP contribution in [0.4, 0.5) is 4.79 Å². The molecule has 0 unspecified atom stereocenters. The lowest BCUT2D eigenvalue weighted by Gasteiger charge is -2.01. The van der Waals surface area contributed by atoms with Gasteiger partial charge in [0.2, 0.25) is 10.5 Å². The van der Waals surface area contributed by atoms with E-state index in [0.29, 0.717) is 22.7 Å². The molecule has 1 N–H and O–H groups in total. The van der Waals surface area contributed by atoms with Crippen LogP contribution in [-0.4, -0.2) is 29.2 Å². The van der Waals surface area contributed by atoms with Crippen molar-refractivity contribution in [1.29, 1.82) is 0 Å². The molecule has 1 amide bonds. The number of carbonyl (C=O) groups is 2. The summed E-state index contributed by atoms with van der Waals surface area (Å²) in [6, 6.07) is 0. The van der Waals surface area contributed by atoms with E-state index in [-0.39, 0.29) is 0 Å². The molecule has 0 aliphatic heterocycles. The Bertz CT molecular complexity index is 227. The third kappa shape index (κ3) is 5.02. The molecule has 0 aromatic rings. The summed E-state index contributed by atoms with van der Waals surface area (Å²) >= 11 is 0. The van der Waals surface area contributed by atoms with Gasteiger partial charge in [0.15, 0.2) is 0 Å². The number of carbonyl (C=O) groups excluding carboxylic acids is 2. The Morgan fingerprint density at radius 2 is 2.15 bits per heavy atom. The Labute approximate surface area is 79.6 Å². The summed E-state index contributed by atoms with van der Waals surface area (Å²) in [4.78, 5) is 21.6. The van der Waals surface area contributed by atoms with Gasteiger partial charge in [0, 0.05) is 11.8 Å². The van der Waals surface area contributed by atoms with Gasteiger partial charge in [-0.15, -0.1) is 0 Å². The number of ether oxygens (including phenoxy) is 1. The zero-order valence-electron chi connectivity index (χ0n) is 7.92. The molecule has 0 atom stereocenters. The monoisotopic (exact) mass is 203 g/mol. The van der Waals surface area contributed by atoms with Crippen LogP contribution >= 0.6 is 0 Å². The van der Waals surface area contributed by atoms with Crippen molar-refractivity contribution in [2.75, 3.05) is 6.61 Å². The van der Waals surface area contributed by atoms with Gasteiger partial charge in [0.1, 0.15) is 0 Å². The Morgan fingerprint density at radius 1 is 1.54 bits per heavy atom. The number of nitrogens with one attached hydrogen (secondary N) is 1. The molecule has 0 fully saturated rings. The Kier molecular flexibility index (Phi) is 5.61. The van der Waals surface area contributed by atoms with Gasteiger partial charge in [-0.05, 0) is 13.8 Å². The van der Waals surface area contributed by atoms with Crippen LogP contribution < -0.4 is 5.32 Å². The number of hydrogen-bond acceptors (Lipinski definition) is 4. The second-order valence-electron chi connectivity index (χ2n) is 2.18. The van der Waals surface area contributed by atoms with E-state index in [9.17, 15) is 9.59 Å². The van der Waals surface area contributed by atoms with E-state index in [1.807, 2.05) is 0 Å². The Hall–Kier alpha value is -1.30. The van der Waals surface area contributed by atoms with E-state index in [0.717, 1.165) is 0 Å². The van der Waals surface area contributed by atoms with Crippen LogP contribution in [0.3, 0.4) is 0 Å². The van der Waals surface area contributed by atoms with Gasteiger partial charge in [0.05, 0.1) is 6.61 Å².